The van der Waals surface area contributed by atoms with Crippen LogP contribution in [0, 0.1) is 5.92 Å². The Hall–Kier alpha value is -1.38. The minimum absolute atomic E-state index is 0.760. The van der Waals surface area contributed by atoms with E-state index >= 15 is 0 Å². The largest absolute Gasteiger partial charge is 0.495 e. The van der Waals surface area contributed by atoms with Gasteiger partial charge in [-0.1, -0.05) is 12.5 Å². The van der Waals surface area contributed by atoms with Crippen LogP contribution in [-0.2, 0) is 0 Å². The van der Waals surface area contributed by atoms with Crippen molar-refractivity contribution in [3.63, 3.8) is 0 Å². The maximum absolute atomic E-state index is 6.14. The highest BCUT2D eigenvalue weighted by molar-refractivity contribution is 5.74. The molecule has 1 aliphatic rings. The molecule has 3 nitrogen and oxygen atoms in total. The van der Waals surface area contributed by atoms with Crippen LogP contribution < -0.4 is 15.4 Å². The number of para-hydroxylation sites is 1. The van der Waals surface area contributed by atoms with Gasteiger partial charge in [0.05, 0.1) is 18.5 Å². The average molecular weight is 234 g/mol. The first-order valence-corrected chi connectivity index (χ1v) is 6.43. The molecule has 0 spiro atoms. The smallest absolute Gasteiger partial charge is 0.143 e. The van der Waals surface area contributed by atoms with Crippen LogP contribution in [0.3, 0.4) is 0 Å². The van der Waals surface area contributed by atoms with Crippen molar-refractivity contribution in [3.05, 3.63) is 18.2 Å². The zero-order valence-corrected chi connectivity index (χ0v) is 10.8. The van der Waals surface area contributed by atoms with E-state index in [0.717, 1.165) is 36.1 Å². The van der Waals surface area contributed by atoms with Crippen molar-refractivity contribution in [3.8, 4) is 5.75 Å². The summed E-state index contributed by atoms with van der Waals surface area (Å²) in [5.41, 5.74) is 8.01. The van der Waals surface area contributed by atoms with E-state index in [1.807, 2.05) is 12.1 Å². The van der Waals surface area contributed by atoms with Gasteiger partial charge in [-0.05, 0) is 37.8 Å². The molecule has 1 aromatic carbocycles. The lowest BCUT2D eigenvalue weighted by Crippen LogP contribution is -2.32. The molecule has 2 N–H and O–H groups in total. The normalized spacial score (nSPS) is 15.4. The van der Waals surface area contributed by atoms with E-state index in [1.165, 1.54) is 19.3 Å². The van der Waals surface area contributed by atoms with E-state index in [4.69, 9.17) is 10.5 Å². The topological polar surface area (TPSA) is 38.5 Å². The molecule has 0 heterocycles. The van der Waals surface area contributed by atoms with E-state index in [2.05, 4.69) is 17.9 Å². The van der Waals surface area contributed by atoms with E-state index in [1.54, 1.807) is 7.11 Å². The van der Waals surface area contributed by atoms with E-state index in [-0.39, 0.29) is 0 Å². The van der Waals surface area contributed by atoms with Gasteiger partial charge in [0.2, 0.25) is 0 Å². The van der Waals surface area contributed by atoms with Crippen LogP contribution in [0.5, 0.6) is 5.75 Å². The maximum atomic E-state index is 6.14. The number of anilines is 2. The Morgan fingerprint density at radius 1 is 1.41 bits per heavy atom. The Morgan fingerprint density at radius 2 is 2.18 bits per heavy atom. The van der Waals surface area contributed by atoms with Crippen LogP contribution in [-0.4, -0.2) is 20.2 Å². The van der Waals surface area contributed by atoms with Gasteiger partial charge in [-0.25, -0.2) is 0 Å². The van der Waals surface area contributed by atoms with Gasteiger partial charge in [-0.2, -0.15) is 0 Å². The van der Waals surface area contributed by atoms with Crippen molar-refractivity contribution < 1.29 is 4.74 Å². The van der Waals surface area contributed by atoms with Crippen molar-refractivity contribution in [1.29, 1.82) is 0 Å². The van der Waals surface area contributed by atoms with Gasteiger partial charge in [0.25, 0.3) is 0 Å². The molecule has 2 rings (SSSR count). The lowest BCUT2D eigenvalue weighted by Gasteiger charge is -2.33. The first kappa shape index (κ1) is 12.1. The Bertz CT molecular complexity index is 374. The zero-order chi connectivity index (χ0) is 12.3. The summed E-state index contributed by atoms with van der Waals surface area (Å²) >= 11 is 0. The van der Waals surface area contributed by atoms with Crippen LogP contribution >= 0.6 is 0 Å². The summed E-state index contributed by atoms with van der Waals surface area (Å²) in [6.45, 7) is 4.29. The van der Waals surface area contributed by atoms with Gasteiger partial charge >= 0.3 is 0 Å². The van der Waals surface area contributed by atoms with Crippen molar-refractivity contribution >= 4 is 11.4 Å². The molecule has 3 heteroatoms. The maximum Gasteiger partial charge on any atom is 0.143 e. The molecule has 1 aromatic rings. The number of methoxy groups -OCH3 is 1. The van der Waals surface area contributed by atoms with Crippen molar-refractivity contribution in [1.82, 2.24) is 0 Å². The second kappa shape index (κ2) is 5.30. The Balaban J connectivity index is 2.17. The van der Waals surface area contributed by atoms with Gasteiger partial charge in [0.1, 0.15) is 5.75 Å². The lowest BCUT2D eigenvalue weighted by molar-refractivity contribution is 0.318. The fourth-order valence-electron chi connectivity index (χ4n) is 2.37. The molecule has 1 saturated carbocycles. The van der Waals surface area contributed by atoms with E-state index in [9.17, 15) is 0 Å². The third-order valence-corrected chi connectivity index (χ3v) is 3.69. The van der Waals surface area contributed by atoms with E-state index in [0.29, 0.717) is 0 Å². The summed E-state index contributed by atoms with van der Waals surface area (Å²) in [7, 11) is 1.66. The molecule has 0 aromatic heterocycles. The molecule has 0 aliphatic heterocycles. The monoisotopic (exact) mass is 234 g/mol. The Labute approximate surface area is 104 Å². The number of benzene rings is 1. The highest BCUT2D eigenvalue weighted by Gasteiger charge is 2.21. The standard InChI is InChI=1S/C14H22N2O/c1-3-16(10-11-6-4-7-11)12-8-5-9-13(17-2)14(12)15/h5,8-9,11H,3-4,6-7,10,15H2,1-2H3. The number of rotatable bonds is 5. The molecule has 0 amide bonds. The van der Waals surface area contributed by atoms with Gasteiger partial charge in [0.15, 0.2) is 0 Å². The molecular weight excluding hydrogens is 212 g/mol. The van der Waals surface area contributed by atoms with Crippen molar-refractivity contribution in [2.45, 2.75) is 26.2 Å². The molecule has 1 fully saturated rings. The number of nitrogens with two attached hydrogens (primary N) is 1. The molecule has 0 unspecified atom stereocenters. The van der Waals surface area contributed by atoms with Crippen molar-refractivity contribution in [2.24, 2.45) is 5.92 Å². The van der Waals surface area contributed by atoms with Gasteiger partial charge in [-0.15, -0.1) is 0 Å². The van der Waals surface area contributed by atoms with Crippen LogP contribution in [0.25, 0.3) is 0 Å². The van der Waals surface area contributed by atoms with Gasteiger partial charge < -0.3 is 15.4 Å². The van der Waals surface area contributed by atoms with Crippen LogP contribution in [0.2, 0.25) is 0 Å². The van der Waals surface area contributed by atoms with Gasteiger partial charge in [0, 0.05) is 13.1 Å². The van der Waals surface area contributed by atoms with Gasteiger partial charge in [-0.3, -0.25) is 0 Å². The average Bonchev–Trinajstić information content (AvgIpc) is 2.29. The number of ether oxygens (including phenoxy) is 1. The summed E-state index contributed by atoms with van der Waals surface area (Å²) in [4.78, 5) is 2.36. The Kier molecular flexibility index (Phi) is 3.77. The fraction of sp³-hybridized carbons (Fsp3) is 0.571. The number of hydrogen-bond donors (Lipinski definition) is 1. The molecule has 0 radical (unpaired) electrons. The van der Waals surface area contributed by atoms with E-state index < -0.39 is 0 Å². The quantitative estimate of drug-likeness (QED) is 0.796. The van der Waals surface area contributed by atoms with Crippen molar-refractivity contribution in [2.75, 3.05) is 30.8 Å². The lowest BCUT2D eigenvalue weighted by atomic mass is 9.85. The molecule has 0 saturated heterocycles. The molecule has 17 heavy (non-hydrogen) atoms. The summed E-state index contributed by atoms with van der Waals surface area (Å²) in [5, 5.41) is 0. The first-order chi connectivity index (χ1) is 8.26. The predicted molar refractivity (Wildman–Crippen MR) is 72.6 cm³/mol. The highest BCUT2D eigenvalue weighted by atomic mass is 16.5. The zero-order valence-electron chi connectivity index (χ0n) is 10.8. The fourth-order valence-corrected chi connectivity index (χ4v) is 2.37. The summed E-state index contributed by atoms with van der Waals surface area (Å²) in [6.07, 6.45) is 4.11. The molecular formula is C14H22N2O. The molecule has 0 bridgehead atoms. The second-order valence-corrected chi connectivity index (χ2v) is 4.73. The van der Waals surface area contributed by atoms with Crippen LogP contribution in [0.15, 0.2) is 18.2 Å². The second-order valence-electron chi connectivity index (χ2n) is 4.73. The predicted octanol–water partition coefficient (Wildman–Crippen LogP) is 2.90. The molecule has 0 atom stereocenters. The Morgan fingerprint density at radius 3 is 2.71 bits per heavy atom. The third kappa shape index (κ3) is 2.48. The SMILES string of the molecule is CCN(CC1CCC1)c1cccc(OC)c1N. The summed E-state index contributed by atoms with van der Waals surface area (Å²) < 4.78 is 5.27. The minimum Gasteiger partial charge on any atom is -0.495 e. The highest BCUT2D eigenvalue weighted by Crippen LogP contribution is 2.34. The third-order valence-electron chi connectivity index (χ3n) is 3.69. The number of hydrogen-bond acceptors (Lipinski definition) is 3. The van der Waals surface area contributed by atoms with Crippen LogP contribution in [0.4, 0.5) is 11.4 Å². The molecule has 94 valence electrons. The summed E-state index contributed by atoms with van der Waals surface area (Å²) in [5.74, 6) is 1.62. The first-order valence-electron chi connectivity index (χ1n) is 6.43. The minimum atomic E-state index is 0.760. The number of nitrogen functional groups attached to an aromatic ring is 1. The molecule has 1 aliphatic carbocycles. The summed E-state index contributed by atoms with van der Waals surface area (Å²) in [6, 6.07) is 6.00. The van der Waals surface area contributed by atoms with Crippen LogP contribution in [0.1, 0.15) is 26.2 Å². The number of nitrogens with zero attached hydrogens (tertiary/aromatic N) is 1.